The average Bonchev–Trinajstić information content (AvgIpc) is 1.82. The van der Waals surface area contributed by atoms with Crippen LogP contribution in [0.15, 0.2) is 0 Å². The van der Waals surface area contributed by atoms with E-state index in [1.54, 1.807) is 0 Å². The number of rotatable bonds is 4. The van der Waals surface area contributed by atoms with Crippen LogP contribution in [0.2, 0.25) is 0 Å². The largest absolute Gasteiger partial charge is 0.311 e. The quantitative estimate of drug-likeness (QED) is 0.614. The lowest BCUT2D eigenvalue weighted by Gasteiger charge is -2.15. The number of alkyl halides is 1. The Kier molecular flexibility index (Phi) is 4.68. The molecule has 0 aromatic carbocycles. The van der Waals surface area contributed by atoms with Crippen molar-refractivity contribution >= 4 is 0 Å². The summed E-state index contributed by atoms with van der Waals surface area (Å²) in [5, 5.41) is 3.06. The van der Waals surface area contributed by atoms with Gasteiger partial charge in [-0.15, -0.1) is 0 Å². The minimum atomic E-state index is -0.267. The molecule has 1 N–H and O–H groups in total. The van der Waals surface area contributed by atoms with E-state index in [0.717, 1.165) is 0 Å². The molecule has 0 heterocycles. The zero-order valence-electron chi connectivity index (χ0n) is 6.45. The van der Waals surface area contributed by atoms with Gasteiger partial charge in [0.1, 0.15) is 6.67 Å². The molecule has 1 unspecified atom stereocenters. The zero-order chi connectivity index (χ0) is 7.28. The van der Waals surface area contributed by atoms with E-state index < -0.39 is 0 Å². The average molecular weight is 133 g/mol. The molecule has 0 bridgehead atoms. The van der Waals surface area contributed by atoms with Crippen molar-refractivity contribution in [2.45, 2.75) is 26.8 Å². The van der Waals surface area contributed by atoms with Gasteiger partial charge in [0, 0.05) is 12.6 Å². The van der Waals surface area contributed by atoms with Crippen LogP contribution in [-0.2, 0) is 0 Å². The molecular formula is C7H16FN. The van der Waals surface area contributed by atoms with Gasteiger partial charge in [0.2, 0.25) is 0 Å². The molecule has 0 amide bonds. The Hall–Kier alpha value is -0.110. The molecule has 0 saturated heterocycles. The molecule has 0 saturated carbocycles. The molecule has 0 aliphatic carbocycles. The van der Waals surface area contributed by atoms with Crippen molar-refractivity contribution in [3.05, 3.63) is 0 Å². The first-order valence-corrected chi connectivity index (χ1v) is 3.47. The van der Waals surface area contributed by atoms with Crippen LogP contribution in [-0.4, -0.2) is 19.3 Å². The summed E-state index contributed by atoms with van der Waals surface area (Å²) in [6.45, 7) is 6.53. The Bertz CT molecular complexity index is 63.9. The predicted octanol–water partition coefficient (Wildman–Crippen LogP) is 1.59. The summed E-state index contributed by atoms with van der Waals surface area (Å²) < 4.78 is 11.6. The summed E-state index contributed by atoms with van der Waals surface area (Å²) in [5.74, 6) is 0.594. The van der Waals surface area contributed by atoms with Crippen molar-refractivity contribution in [3.8, 4) is 0 Å². The third kappa shape index (κ3) is 4.40. The van der Waals surface area contributed by atoms with Crippen molar-refractivity contribution < 1.29 is 4.39 Å². The smallest absolute Gasteiger partial charge is 0.102 e. The van der Waals surface area contributed by atoms with Crippen LogP contribution >= 0.6 is 0 Å². The fourth-order valence-corrected chi connectivity index (χ4v) is 0.518. The molecule has 0 aliphatic heterocycles. The second-order valence-electron chi connectivity index (χ2n) is 2.68. The third-order valence-corrected chi connectivity index (χ3v) is 1.56. The highest BCUT2D eigenvalue weighted by atomic mass is 19.1. The minimum Gasteiger partial charge on any atom is -0.311 e. The highest BCUT2D eigenvalue weighted by Gasteiger charge is 2.03. The molecule has 1 atom stereocenters. The summed E-state index contributed by atoms with van der Waals surface area (Å²) in [4.78, 5) is 0. The number of hydrogen-bond donors (Lipinski definition) is 1. The van der Waals surface area contributed by atoms with Gasteiger partial charge < -0.3 is 5.32 Å². The summed E-state index contributed by atoms with van der Waals surface area (Å²) >= 11 is 0. The Morgan fingerprint density at radius 1 is 1.33 bits per heavy atom. The van der Waals surface area contributed by atoms with Gasteiger partial charge in [-0.05, 0) is 12.8 Å². The second-order valence-corrected chi connectivity index (χ2v) is 2.68. The first-order valence-electron chi connectivity index (χ1n) is 3.47. The van der Waals surface area contributed by atoms with Gasteiger partial charge in [-0.25, -0.2) is 4.39 Å². The number of hydrogen-bond acceptors (Lipinski definition) is 1. The van der Waals surface area contributed by atoms with Gasteiger partial charge in [0.25, 0.3) is 0 Å². The standard InChI is InChI=1S/C7H16FN/c1-6(2)7(3)9-5-4-8/h6-7,9H,4-5H2,1-3H3. The fourth-order valence-electron chi connectivity index (χ4n) is 0.518. The maximum absolute atomic E-state index is 11.6. The summed E-state index contributed by atoms with van der Waals surface area (Å²) in [6, 6.07) is 0.431. The predicted molar refractivity (Wildman–Crippen MR) is 38.3 cm³/mol. The van der Waals surface area contributed by atoms with E-state index in [1.807, 2.05) is 0 Å². The van der Waals surface area contributed by atoms with Gasteiger partial charge >= 0.3 is 0 Å². The molecule has 2 heteroatoms. The fraction of sp³-hybridized carbons (Fsp3) is 1.00. The van der Waals surface area contributed by atoms with Crippen molar-refractivity contribution in [1.29, 1.82) is 0 Å². The Balaban J connectivity index is 3.16. The van der Waals surface area contributed by atoms with Crippen LogP contribution in [0.5, 0.6) is 0 Å². The lowest BCUT2D eigenvalue weighted by atomic mass is 10.1. The molecule has 9 heavy (non-hydrogen) atoms. The lowest BCUT2D eigenvalue weighted by Crippen LogP contribution is -2.32. The normalized spacial score (nSPS) is 14.3. The van der Waals surface area contributed by atoms with Crippen molar-refractivity contribution in [3.63, 3.8) is 0 Å². The van der Waals surface area contributed by atoms with Crippen LogP contribution in [0.25, 0.3) is 0 Å². The molecule has 0 rings (SSSR count). The summed E-state index contributed by atoms with van der Waals surface area (Å²) in [7, 11) is 0. The van der Waals surface area contributed by atoms with E-state index in [2.05, 4.69) is 26.1 Å². The van der Waals surface area contributed by atoms with E-state index in [9.17, 15) is 4.39 Å². The maximum Gasteiger partial charge on any atom is 0.102 e. The minimum absolute atomic E-state index is 0.267. The highest BCUT2D eigenvalue weighted by molar-refractivity contribution is 4.62. The first-order chi connectivity index (χ1) is 4.18. The molecule has 1 nitrogen and oxygen atoms in total. The van der Waals surface area contributed by atoms with Gasteiger partial charge in [0.05, 0.1) is 0 Å². The van der Waals surface area contributed by atoms with E-state index in [4.69, 9.17) is 0 Å². The topological polar surface area (TPSA) is 12.0 Å². The highest BCUT2D eigenvalue weighted by Crippen LogP contribution is 1.98. The van der Waals surface area contributed by atoms with Gasteiger partial charge in [-0.2, -0.15) is 0 Å². The molecule has 0 aromatic heterocycles. The number of nitrogens with one attached hydrogen (secondary N) is 1. The first kappa shape index (κ1) is 8.89. The van der Waals surface area contributed by atoms with Gasteiger partial charge in [0.15, 0.2) is 0 Å². The van der Waals surface area contributed by atoms with Crippen molar-refractivity contribution in [2.75, 3.05) is 13.2 Å². The number of halogens is 1. The van der Waals surface area contributed by atoms with E-state index in [1.165, 1.54) is 0 Å². The van der Waals surface area contributed by atoms with Crippen LogP contribution in [0.4, 0.5) is 4.39 Å². The molecule has 0 aromatic rings. The molecular weight excluding hydrogens is 117 g/mol. The molecule has 56 valence electrons. The summed E-state index contributed by atoms with van der Waals surface area (Å²) in [5.41, 5.74) is 0. The molecule has 0 spiro atoms. The van der Waals surface area contributed by atoms with Crippen molar-refractivity contribution in [2.24, 2.45) is 5.92 Å². The van der Waals surface area contributed by atoms with Gasteiger partial charge in [-0.1, -0.05) is 13.8 Å². The maximum atomic E-state index is 11.6. The Labute approximate surface area is 56.6 Å². The Morgan fingerprint density at radius 2 is 1.89 bits per heavy atom. The van der Waals surface area contributed by atoms with Gasteiger partial charge in [-0.3, -0.25) is 0 Å². The Morgan fingerprint density at radius 3 is 2.22 bits per heavy atom. The van der Waals surface area contributed by atoms with Crippen LogP contribution in [0.1, 0.15) is 20.8 Å². The molecule has 0 fully saturated rings. The van der Waals surface area contributed by atoms with E-state index >= 15 is 0 Å². The second kappa shape index (κ2) is 4.74. The van der Waals surface area contributed by atoms with Crippen LogP contribution in [0, 0.1) is 5.92 Å². The monoisotopic (exact) mass is 133 g/mol. The van der Waals surface area contributed by atoms with Crippen LogP contribution < -0.4 is 5.32 Å². The van der Waals surface area contributed by atoms with Crippen LogP contribution in [0.3, 0.4) is 0 Å². The molecule has 0 radical (unpaired) electrons. The van der Waals surface area contributed by atoms with Crippen molar-refractivity contribution in [1.82, 2.24) is 5.32 Å². The zero-order valence-corrected chi connectivity index (χ0v) is 6.45. The summed E-state index contributed by atoms with van der Waals surface area (Å²) in [6.07, 6.45) is 0. The van der Waals surface area contributed by atoms with E-state index in [-0.39, 0.29) is 6.67 Å². The third-order valence-electron chi connectivity index (χ3n) is 1.56. The van der Waals surface area contributed by atoms with E-state index in [0.29, 0.717) is 18.5 Å². The molecule has 0 aliphatic rings. The lowest BCUT2D eigenvalue weighted by molar-refractivity contribution is 0.389. The SMILES string of the molecule is CC(C)C(C)NCCF.